The van der Waals surface area contributed by atoms with E-state index in [1.807, 2.05) is 12.1 Å². The Morgan fingerprint density at radius 1 is 0.731 bits per heavy atom. The molecule has 0 heterocycles. The summed E-state index contributed by atoms with van der Waals surface area (Å²) < 4.78 is 1.84. The summed E-state index contributed by atoms with van der Waals surface area (Å²) in [5.41, 5.74) is 2.33. The summed E-state index contributed by atoms with van der Waals surface area (Å²) in [6.45, 7) is 2.25. The Bertz CT molecular complexity index is 649. The zero-order valence-corrected chi connectivity index (χ0v) is 18.5. The Hall–Kier alpha value is -1.00. The third-order valence-electron chi connectivity index (χ3n) is 4.82. The number of hydrogen-bond acceptors (Lipinski definition) is 2. The van der Waals surface area contributed by atoms with Crippen LogP contribution in [0.1, 0.15) is 75.3 Å². The molecule has 0 aromatic heterocycles. The topological polar surface area (TPSA) is 40.5 Å². The first-order valence-corrected chi connectivity index (χ1v) is 11.1. The average molecular weight is 484 g/mol. The predicted octanol–water partition coefficient (Wildman–Crippen LogP) is 7.90. The highest BCUT2D eigenvalue weighted by molar-refractivity contribution is 9.10. The van der Waals surface area contributed by atoms with Crippen molar-refractivity contribution in [1.29, 1.82) is 0 Å². The van der Waals surface area contributed by atoms with Crippen molar-refractivity contribution in [2.45, 2.75) is 64.2 Å². The van der Waals surface area contributed by atoms with E-state index in [-0.39, 0.29) is 17.4 Å². The van der Waals surface area contributed by atoms with Crippen LogP contribution in [0.5, 0.6) is 11.5 Å². The van der Waals surface area contributed by atoms with Gasteiger partial charge in [0, 0.05) is 14.9 Å². The number of rotatable bonds is 10. The molecule has 0 unspecified atom stereocenters. The fourth-order valence-electron chi connectivity index (χ4n) is 3.38. The van der Waals surface area contributed by atoms with Crippen molar-refractivity contribution in [1.82, 2.24) is 0 Å². The van der Waals surface area contributed by atoms with Gasteiger partial charge in [-0.25, -0.2) is 0 Å². The van der Waals surface area contributed by atoms with E-state index in [1.165, 1.54) is 49.7 Å². The Labute approximate surface area is 173 Å². The minimum absolute atomic E-state index is 0.218. The van der Waals surface area contributed by atoms with Crippen LogP contribution in [-0.2, 0) is 0 Å². The van der Waals surface area contributed by atoms with Gasteiger partial charge in [-0.15, -0.1) is 0 Å². The summed E-state index contributed by atoms with van der Waals surface area (Å²) in [7, 11) is 0. The second-order valence-electron chi connectivity index (χ2n) is 6.87. The number of unbranched alkanes of at least 4 members (excludes halogenated alkanes) is 6. The highest BCUT2D eigenvalue weighted by Crippen LogP contribution is 2.40. The van der Waals surface area contributed by atoms with Crippen molar-refractivity contribution in [3.63, 3.8) is 0 Å². The largest absolute Gasteiger partial charge is 0.508 e. The van der Waals surface area contributed by atoms with Gasteiger partial charge in [0.25, 0.3) is 0 Å². The van der Waals surface area contributed by atoms with Crippen LogP contribution < -0.4 is 0 Å². The Kier molecular flexibility index (Phi) is 9.00. The van der Waals surface area contributed by atoms with Crippen molar-refractivity contribution in [3.8, 4) is 11.5 Å². The highest BCUT2D eigenvalue weighted by Gasteiger charge is 2.19. The fourth-order valence-corrected chi connectivity index (χ4v) is 4.67. The van der Waals surface area contributed by atoms with Crippen molar-refractivity contribution < 1.29 is 10.2 Å². The molecule has 142 valence electrons. The van der Waals surface area contributed by atoms with Crippen LogP contribution in [-0.4, -0.2) is 10.2 Å². The SMILES string of the molecule is CCCCCCCCCC(c1ccc(O)cc1Br)c1ccc(O)cc1Br. The van der Waals surface area contributed by atoms with Crippen LogP contribution in [0.4, 0.5) is 0 Å². The summed E-state index contributed by atoms with van der Waals surface area (Å²) in [6.07, 6.45) is 10.0. The van der Waals surface area contributed by atoms with Gasteiger partial charge in [0.1, 0.15) is 11.5 Å². The number of phenolic OH excluding ortho intramolecular Hbond substituents is 2. The summed E-state index contributed by atoms with van der Waals surface area (Å²) in [6, 6.07) is 11.0. The van der Waals surface area contributed by atoms with Crippen LogP contribution in [0.15, 0.2) is 45.3 Å². The van der Waals surface area contributed by atoms with Crippen LogP contribution in [0, 0.1) is 0 Å². The van der Waals surface area contributed by atoms with E-state index in [9.17, 15) is 10.2 Å². The molecule has 2 rings (SSSR count). The second-order valence-corrected chi connectivity index (χ2v) is 8.58. The molecule has 2 aromatic rings. The lowest BCUT2D eigenvalue weighted by molar-refractivity contribution is 0.474. The van der Waals surface area contributed by atoms with Gasteiger partial charge in [0.05, 0.1) is 0 Å². The molecule has 2 aromatic carbocycles. The summed E-state index contributed by atoms with van der Waals surface area (Å²) >= 11 is 7.22. The lowest BCUT2D eigenvalue weighted by Gasteiger charge is -2.21. The van der Waals surface area contributed by atoms with Crippen LogP contribution in [0.25, 0.3) is 0 Å². The van der Waals surface area contributed by atoms with Crippen LogP contribution in [0.2, 0.25) is 0 Å². The first kappa shape index (κ1) is 21.3. The zero-order chi connectivity index (χ0) is 18.9. The third kappa shape index (κ3) is 6.31. The van der Waals surface area contributed by atoms with Crippen molar-refractivity contribution in [3.05, 3.63) is 56.5 Å². The molecule has 0 spiro atoms. The maximum atomic E-state index is 9.73. The number of phenols is 2. The molecule has 0 radical (unpaired) electrons. The molecule has 0 saturated heterocycles. The minimum atomic E-state index is 0.218. The average Bonchev–Trinajstić information content (AvgIpc) is 2.59. The number of aromatic hydroxyl groups is 2. The number of benzene rings is 2. The van der Waals surface area contributed by atoms with Gasteiger partial charge in [-0.05, 0) is 41.8 Å². The van der Waals surface area contributed by atoms with E-state index < -0.39 is 0 Å². The molecule has 0 amide bonds. The van der Waals surface area contributed by atoms with Gasteiger partial charge >= 0.3 is 0 Å². The van der Waals surface area contributed by atoms with Gasteiger partial charge in [-0.2, -0.15) is 0 Å². The van der Waals surface area contributed by atoms with E-state index in [4.69, 9.17) is 0 Å². The Morgan fingerprint density at radius 2 is 1.19 bits per heavy atom. The van der Waals surface area contributed by atoms with Gasteiger partial charge < -0.3 is 10.2 Å². The van der Waals surface area contributed by atoms with E-state index in [0.717, 1.165) is 21.8 Å². The normalized spacial score (nSPS) is 11.2. The molecule has 0 fully saturated rings. The second kappa shape index (κ2) is 11.0. The van der Waals surface area contributed by atoms with E-state index in [0.29, 0.717) is 0 Å². The maximum Gasteiger partial charge on any atom is 0.116 e. The third-order valence-corrected chi connectivity index (χ3v) is 6.19. The first-order chi connectivity index (χ1) is 12.5. The monoisotopic (exact) mass is 482 g/mol. The van der Waals surface area contributed by atoms with Crippen LogP contribution in [0.3, 0.4) is 0 Å². The molecule has 0 aliphatic carbocycles. The quantitative estimate of drug-likeness (QED) is 0.337. The van der Waals surface area contributed by atoms with Gasteiger partial charge in [0.15, 0.2) is 0 Å². The zero-order valence-electron chi connectivity index (χ0n) is 15.3. The van der Waals surface area contributed by atoms with Crippen molar-refractivity contribution >= 4 is 31.9 Å². The first-order valence-electron chi connectivity index (χ1n) is 9.49. The molecular weight excluding hydrogens is 456 g/mol. The summed E-state index contributed by atoms with van der Waals surface area (Å²) in [5, 5.41) is 19.5. The lowest BCUT2D eigenvalue weighted by Crippen LogP contribution is -2.03. The summed E-state index contributed by atoms with van der Waals surface area (Å²) in [4.78, 5) is 0. The number of hydrogen-bond donors (Lipinski definition) is 2. The highest BCUT2D eigenvalue weighted by atomic mass is 79.9. The lowest BCUT2D eigenvalue weighted by atomic mass is 9.86. The van der Waals surface area contributed by atoms with Gasteiger partial charge in [-0.3, -0.25) is 0 Å². The minimum Gasteiger partial charge on any atom is -0.508 e. The molecule has 0 saturated carbocycles. The molecule has 4 heteroatoms. The van der Waals surface area contributed by atoms with Crippen molar-refractivity contribution in [2.75, 3.05) is 0 Å². The molecule has 2 N–H and O–H groups in total. The molecule has 0 aliphatic heterocycles. The molecular formula is C22H28Br2O2. The maximum absolute atomic E-state index is 9.73. The van der Waals surface area contributed by atoms with E-state index >= 15 is 0 Å². The molecule has 26 heavy (non-hydrogen) atoms. The standard InChI is InChI=1S/C22H28Br2O2/c1-2-3-4-5-6-7-8-9-18(19-12-10-16(25)14-21(19)23)20-13-11-17(26)15-22(20)24/h10-15,18,25-26H,2-9H2,1H3. The Balaban J connectivity index is 2.12. The fraction of sp³-hybridized carbons (Fsp3) is 0.455. The van der Waals surface area contributed by atoms with Crippen molar-refractivity contribution in [2.24, 2.45) is 0 Å². The number of halogens is 2. The smallest absolute Gasteiger partial charge is 0.116 e. The van der Waals surface area contributed by atoms with E-state index in [1.54, 1.807) is 24.3 Å². The molecule has 0 aliphatic rings. The molecule has 2 nitrogen and oxygen atoms in total. The van der Waals surface area contributed by atoms with Gasteiger partial charge in [0.2, 0.25) is 0 Å². The van der Waals surface area contributed by atoms with E-state index in [2.05, 4.69) is 38.8 Å². The predicted molar refractivity (Wildman–Crippen MR) is 116 cm³/mol. The molecule has 0 atom stereocenters. The Morgan fingerprint density at radius 3 is 1.65 bits per heavy atom. The molecule has 0 bridgehead atoms. The summed E-state index contributed by atoms with van der Waals surface area (Å²) in [5.74, 6) is 0.746. The van der Waals surface area contributed by atoms with Gasteiger partial charge in [-0.1, -0.05) is 95.9 Å². The van der Waals surface area contributed by atoms with Crippen LogP contribution >= 0.6 is 31.9 Å².